The molecule has 1 aromatic carbocycles. The van der Waals surface area contributed by atoms with Crippen LogP contribution in [-0.2, 0) is 0 Å². The summed E-state index contributed by atoms with van der Waals surface area (Å²) in [6, 6.07) is 7.44. The maximum Gasteiger partial charge on any atom is 0.355 e. The normalized spacial score (nSPS) is 10.7. The largest absolute Gasteiger partial charge is 0.476 e. The van der Waals surface area contributed by atoms with E-state index in [4.69, 9.17) is 5.11 Å². The Labute approximate surface area is 122 Å². The first-order valence-electron chi connectivity index (χ1n) is 5.97. The van der Waals surface area contributed by atoms with E-state index >= 15 is 0 Å². The third kappa shape index (κ3) is 2.30. The van der Waals surface area contributed by atoms with E-state index in [1.165, 1.54) is 18.3 Å². The summed E-state index contributed by atoms with van der Waals surface area (Å²) in [5.74, 6) is -1.51. The van der Waals surface area contributed by atoms with Crippen molar-refractivity contribution in [2.75, 3.05) is 0 Å². The van der Waals surface area contributed by atoms with E-state index in [1.807, 2.05) is 0 Å². The first-order chi connectivity index (χ1) is 10.1. The van der Waals surface area contributed by atoms with E-state index in [1.54, 1.807) is 18.2 Å². The molecule has 3 rings (SSSR count). The molecule has 0 amide bonds. The number of carbonyl (C=O) groups excluding carboxylic acids is 1. The zero-order valence-corrected chi connectivity index (χ0v) is 11.4. The molecule has 0 aliphatic carbocycles. The number of aromatic carboxylic acids is 1. The van der Waals surface area contributed by atoms with E-state index in [0.717, 1.165) is 11.3 Å². The van der Waals surface area contributed by atoms with Crippen molar-refractivity contribution in [1.82, 2.24) is 4.98 Å². The van der Waals surface area contributed by atoms with Gasteiger partial charge in [0, 0.05) is 17.1 Å². The molecule has 0 saturated heterocycles. The number of carbonyl (C=O) groups is 2. The predicted octanol–water partition coefficient (Wildman–Crippen LogP) is 3.61. The van der Waals surface area contributed by atoms with Gasteiger partial charge in [0.05, 0.1) is 9.58 Å². The van der Waals surface area contributed by atoms with Crippen LogP contribution in [0.3, 0.4) is 0 Å². The molecule has 0 aliphatic heterocycles. The number of hydrogen-bond acceptors (Lipinski definition) is 4. The van der Waals surface area contributed by atoms with E-state index in [0.29, 0.717) is 32.4 Å². The molecule has 4 nitrogen and oxygen atoms in total. The first kappa shape index (κ1) is 13.4. The van der Waals surface area contributed by atoms with Crippen molar-refractivity contribution in [2.24, 2.45) is 0 Å². The summed E-state index contributed by atoms with van der Waals surface area (Å²) < 4.78 is 13.4. The standard InChI is InChI=1S/C15H8FNO3S/c16-9-3-1-8(2-4-9)12-6-17-13(15(19)20)14-11(12)5-10(7-18)21-14/h1-7H,(H,19,20). The van der Waals surface area contributed by atoms with Crippen molar-refractivity contribution in [3.8, 4) is 11.1 Å². The Balaban J connectivity index is 2.31. The number of aldehydes is 1. The van der Waals surface area contributed by atoms with Crippen molar-refractivity contribution in [3.63, 3.8) is 0 Å². The van der Waals surface area contributed by atoms with Gasteiger partial charge < -0.3 is 5.11 Å². The number of carboxylic acid groups (broad SMARTS) is 1. The zero-order valence-electron chi connectivity index (χ0n) is 10.5. The van der Waals surface area contributed by atoms with Crippen molar-refractivity contribution in [1.29, 1.82) is 0 Å². The van der Waals surface area contributed by atoms with Gasteiger partial charge >= 0.3 is 5.97 Å². The van der Waals surface area contributed by atoms with E-state index in [-0.39, 0.29) is 11.5 Å². The Morgan fingerprint density at radius 1 is 1.29 bits per heavy atom. The fourth-order valence-electron chi connectivity index (χ4n) is 2.11. The summed E-state index contributed by atoms with van der Waals surface area (Å²) in [4.78, 5) is 26.5. The lowest BCUT2D eigenvalue weighted by atomic mass is 10.0. The molecule has 0 atom stereocenters. The highest BCUT2D eigenvalue weighted by molar-refractivity contribution is 7.21. The number of aromatic nitrogens is 1. The monoisotopic (exact) mass is 301 g/mol. The number of pyridine rings is 1. The average Bonchev–Trinajstić information content (AvgIpc) is 2.91. The van der Waals surface area contributed by atoms with Gasteiger partial charge in [-0.25, -0.2) is 14.2 Å². The van der Waals surface area contributed by atoms with Gasteiger partial charge in [0.1, 0.15) is 5.82 Å². The fraction of sp³-hybridized carbons (Fsp3) is 0. The second-order valence-corrected chi connectivity index (χ2v) is 5.43. The van der Waals surface area contributed by atoms with Gasteiger partial charge in [-0.1, -0.05) is 12.1 Å². The summed E-state index contributed by atoms with van der Waals surface area (Å²) in [6.45, 7) is 0. The van der Waals surface area contributed by atoms with Crippen LogP contribution >= 0.6 is 11.3 Å². The summed E-state index contributed by atoms with van der Waals surface area (Å²) in [6.07, 6.45) is 2.10. The lowest BCUT2D eigenvalue weighted by Gasteiger charge is -2.05. The van der Waals surface area contributed by atoms with Gasteiger partial charge in [0.15, 0.2) is 12.0 Å². The quantitative estimate of drug-likeness (QED) is 0.750. The van der Waals surface area contributed by atoms with Crippen LogP contribution < -0.4 is 0 Å². The molecule has 104 valence electrons. The maximum absolute atomic E-state index is 13.0. The van der Waals surface area contributed by atoms with Crippen LogP contribution in [0.25, 0.3) is 21.2 Å². The topological polar surface area (TPSA) is 67.3 Å². The van der Waals surface area contributed by atoms with E-state index in [2.05, 4.69) is 4.98 Å². The van der Waals surface area contributed by atoms with Crippen molar-refractivity contribution >= 4 is 33.7 Å². The highest BCUT2D eigenvalue weighted by Crippen LogP contribution is 2.35. The Kier molecular flexibility index (Phi) is 3.23. The molecule has 21 heavy (non-hydrogen) atoms. The first-order valence-corrected chi connectivity index (χ1v) is 6.79. The maximum atomic E-state index is 13.0. The molecule has 0 saturated carbocycles. The van der Waals surface area contributed by atoms with E-state index in [9.17, 15) is 14.0 Å². The number of fused-ring (bicyclic) bond motifs is 1. The molecule has 2 heterocycles. The minimum atomic E-state index is -1.15. The molecule has 6 heteroatoms. The number of hydrogen-bond donors (Lipinski definition) is 1. The summed E-state index contributed by atoms with van der Waals surface area (Å²) in [7, 11) is 0. The van der Waals surface area contributed by atoms with Crippen molar-refractivity contribution < 1.29 is 19.1 Å². The molecule has 0 radical (unpaired) electrons. The molecule has 0 unspecified atom stereocenters. The van der Waals surface area contributed by atoms with Crippen LogP contribution in [0.5, 0.6) is 0 Å². The third-order valence-corrected chi connectivity index (χ3v) is 4.12. The summed E-state index contributed by atoms with van der Waals surface area (Å²) in [5.41, 5.74) is 1.29. The number of thiophene rings is 1. The van der Waals surface area contributed by atoms with Crippen LogP contribution in [-0.4, -0.2) is 22.3 Å². The minimum Gasteiger partial charge on any atom is -0.476 e. The molecule has 0 aliphatic rings. The van der Waals surface area contributed by atoms with Gasteiger partial charge in [-0.3, -0.25) is 4.79 Å². The smallest absolute Gasteiger partial charge is 0.355 e. The summed E-state index contributed by atoms with van der Waals surface area (Å²) in [5, 5.41) is 9.79. The molecule has 0 fully saturated rings. The highest BCUT2D eigenvalue weighted by Gasteiger charge is 2.17. The Morgan fingerprint density at radius 3 is 2.62 bits per heavy atom. The molecule has 3 aromatic rings. The predicted molar refractivity (Wildman–Crippen MR) is 77.4 cm³/mol. The Hall–Kier alpha value is -2.60. The molecule has 0 spiro atoms. The van der Waals surface area contributed by atoms with Crippen molar-refractivity contribution in [3.05, 3.63) is 52.9 Å². The average molecular weight is 301 g/mol. The van der Waals surface area contributed by atoms with Gasteiger partial charge in [0.25, 0.3) is 0 Å². The highest BCUT2D eigenvalue weighted by atomic mass is 32.1. The van der Waals surface area contributed by atoms with Gasteiger partial charge in [-0.15, -0.1) is 11.3 Å². The Morgan fingerprint density at radius 2 is 2.00 bits per heavy atom. The second-order valence-electron chi connectivity index (χ2n) is 4.34. The molecular formula is C15H8FNO3S. The zero-order chi connectivity index (χ0) is 15.0. The fourth-order valence-corrected chi connectivity index (χ4v) is 3.09. The van der Waals surface area contributed by atoms with Gasteiger partial charge in [-0.05, 0) is 23.8 Å². The van der Waals surface area contributed by atoms with Crippen molar-refractivity contribution in [2.45, 2.75) is 0 Å². The van der Waals surface area contributed by atoms with Crippen LogP contribution in [0, 0.1) is 5.82 Å². The van der Waals surface area contributed by atoms with Crippen LogP contribution in [0.4, 0.5) is 4.39 Å². The molecule has 1 N–H and O–H groups in total. The number of rotatable bonds is 3. The third-order valence-electron chi connectivity index (χ3n) is 3.05. The van der Waals surface area contributed by atoms with Gasteiger partial charge in [-0.2, -0.15) is 0 Å². The lowest BCUT2D eigenvalue weighted by molar-refractivity contribution is 0.0693. The number of carboxylic acids is 1. The SMILES string of the molecule is O=Cc1cc2c(-c3ccc(F)cc3)cnc(C(=O)O)c2s1. The number of benzene rings is 1. The second kappa shape index (κ2) is 5.06. The number of halogens is 1. The minimum absolute atomic E-state index is 0.0889. The molecule has 0 bridgehead atoms. The lowest BCUT2D eigenvalue weighted by Crippen LogP contribution is -2.00. The number of nitrogens with zero attached hydrogens (tertiary/aromatic N) is 1. The Bertz CT molecular complexity index is 855. The van der Waals surface area contributed by atoms with E-state index < -0.39 is 5.97 Å². The summed E-state index contributed by atoms with van der Waals surface area (Å²) >= 11 is 1.08. The van der Waals surface area contributed by atoms with Crippen LogP contribution in [0.1, 0.15) is 20.2 Å². The van der Waals surface area contributed by atoms with Crippen LogP contribution in [0.15, 0.2) is 36.5 Å². The van der Waals surface area contributed by atoms with Gasteiger partial charge in [0.2, 0.25) is 0 Å². The van der Waals surface area contributed by atoms with Crippen LogP contribution in [0.2, 0.25) is 0 Å². The molecule has 2 aromatic heterocycles. The molecular weight excluding hydrogens is 293 g/mol.